The summed E-state index contributed by atoms with van der Waals surface area (Å²) >= 11 is 0. The zero-order valence-electron chi connectivity index (χ0n) is 26.2. The van der Waals surface area contributed by atoms with E-state index in [9.17, 15) is 0 Å². The van der Waals surface area contributed by atoms with Crippen molar-refractivity contribution in [1.29, 1.82) is 0 Å². The van der Waals surface area contributed by atoms with Gasteiger partial charge in [0.1, 0.15) is 8.07 Å². The van der Waals surface area contributed by atoms with Crippen molar-refractivity contribution >= 4 is 35.5 Å². The zero-order valence-corrected chi connectivity index (χ0v) is 27.2. The lowest BCUT2D eigenvalue weighted by atomic mass is 9.98. The molecule has 0 saturated heterocycles. The minimum atomic E-state index is -1.68. The Morgan fingerprint density at radius 3 is 1.43 bits per heavy atom. The number of anilines is 3. The third kappa shape index (κ3) is 4.97. The first kappa shape index (κ1) is 28.1. The number of rotatable bonds is 6. The largest absolute Gasteiger partial charge is 0.310 e. The average Bonchev–Trinajstić information content (AvgIpc) is 3.35. The molecule has 0 radical (unpaired) electrons. The summed E-state index contributed by atoms with van der Waals surface area (Å²) in [5.74, 6) is 0. The Balaban J connectivity index is 1.18. The molecule has 2 heteroatoms. The van der Waals surface area contributed by atoms with Crippen LogP contribution in [0.5, 0.6) is 0 Å². The maximum absolute atomic E-state index is 2.47. The lowest BCUT2D eigenvalue weighted by Crippen LogP contribution is -2.49. The monoisotopic (exact) mass is 605 g/mol. The summed E-state index contributed by atoms with van der Waals surface area (Å²) in [7, 11) is -1.68. The van der Waals surface area contributed by atoms with E-state index in [1.807, 2.05) is 0 Å². The molecule has 220 valence electrons. The quantitative estimate of drug-likeness (QED) is 0.170. The van der Waals surface area contributed by atoms with Gasteiger partial charge in [-0.1, -0.05) is 147 Å². The van der Waals surface area contributed by atoms with Crippen LogP contribution in [0.2, 0.25) is 13.1 Å². The fourth-order valence-electron chi connectivity index (χ4n) is 7.06. The molecular weight excluding hydrogens is 571 g/mol. The van der Waals surface area contributed by atoms with Crippen molar-refractivity contribution in [3.63, 3.8) is 0 Å². The Bertz CT molecular complexity index is 2170. The molecule has 0 aliphatic carbocycles. The Morgan fingerprint density at radius 2 is 0.761 bits per heavy atom. The van der Waals surface area contributed by atoms with Crippen LogP contribution in [0.15, 0.2) is 176 Å². The van der Waals surface area contributed by atoms with Gasteiger partial charge in [-0.05, 0) is 97.3 Å². The number of fused-ring (bicyclic) bond motifs is 3. The molecule has 1 nitrogen and oxygen atoms in total. The van der Waals surface area contributed by atoms with Crippen LogP contribution in [0.25, 0.3) is 44.5 Å². The molecule has 0 atom stereocenters. The van der Waals surface area contributed by atoms with Gasteiger partial charge in [0.2, 0.25) is 0 Å². The first-order chi connectivity index (χ1) is 22.6. The SMILES string of the molecule is C[Si]1(C)c2ccccc2-c2cc(-c3cccc(N(c4ccccc4)c4cccc(-c5ccc(-c6ccccc6)cc5)c4)c3)ccc21. The van der Waals surface area contributed by atoms with E-state index in [0.29, 0.717) is 0 Å². The van der Waals surface area contributed by atoms with E-state index in [1.54, 1.807) is 5.19 Å². The van der Waals surface area contributed by atoms with Crippen LogP contribution in [0.3, 0.4) is 0 Å². The van der Waals surface area contributed by atoms with Crippen LogP contribution in [0.4, 0.5) is 17.1 Å². The highest BCUT2D eigenvalue weighted by molar-refractivity contribution is 7.03. The first-order valence-corrected chi connectivity index (χ1v) is 19.0. The molecule has 0 N–H and O–H groups in total. The molecule has 1 aliphatic rings. The van der Waals surface area contributed by atoms with E-state index in [1.165, 1.54) is 49.7 Å². The minimum absolute atomic E-state index is 1.13. The fraction of sp³-hybridized carbons (Fsp3) is 0.0455. The van der Waals surface area contributed by atoms with Crippen molar-refractivity contribution in [2.24, 2.45) is 0 Å². The second-order valence-corrected chi connectivity index (χ2v) is 17.0. The van der Waals surface area contributed by atoms with Gasteiger partial charge >= 0.3 is 0 Å². The second-order valence-electron chi connectivity index (χ2n) is 12.6. The van der Waals surface area contributed by atoms with Crippen molar-refractivity contribution in [1.82, 2.24) is 0 Å². The molecule has 0 aromatic heterocycles. The average molecular weight is 606 g/mol. The molecular formula is C44H35NSi. The molecule has 0 amide bonds. The predicted octanol–water partition coefficient (Wildman–Crippen LogP) is 11.0. The second kappa shape index (κ2) is 11.5. The highest BCUT2D eigenvalue weighted by Crippen LogP contribution is 2.39. The Labute approximate surface area is 273 Å². The number of benzene rings is 7. The van der Waals surface area contributed by atoms with Crippen molar-refractivity contribution < 1.29 is 0 Å². The molecule has 0 saturated carbocycles. The van der Waals surface area contributed by atoms with Crippen molar-refractivity contribution in [2.45, 2.75) is 13.1 Å². The van der Waals surface area contributed by atoms with Gasteiger partial charge in [0, 0.05) is 17.1 Å². The summed E-state index contributed by atoms with van der Waals surface area (Å²) in [4.78, 5) is 2.37. The van der Waals surface area contributed by atoms with E-state index < -0.39 is 8.07 Å². The van der Waals surface area contributed by atoms with E-state index in [2.05, 4.69) is 194 Å². The van der Waals surface area contributed by atoms with Gasteiger partial charge in [-0.15, -0.1) is 0 Å². The smallest absolute Gasteiger partial charge is 0.113 e. The van der Waals surface area contributed by atoms with Crippen LogP contribution in [-0.4, -0.2) is 8.07 Å². The van der Waals surface area contributed by atoms with Crippen LogP contribution in [0, 0.1) is 0 Å². The van der Waals surface area contributed by atoms with Crippen LogP contribution in [0.1, 0.15) is 0 Å². The normalized spacial score (nSPS) is 12.7. The lowest BCUT2D eigenvalue weighted by molar-refractivity contribution is 1.28. The molecule has 0 spiro atoms. The van der Waals surface area contributed by atoms with Gasteiger partial charge in [-0.3, -0.25) is 0 Å². The molecule has 1 aliphatic heterocycles. The summed E-state index contributed by atoms with van der Waals surface area (Å²) in [6.07, 6.45) is 0. The van der Waals surface area contributed by atoms with Crippen LogP contribution < -0.4 is 15.3 Å². The van der Waals surface area contributed by atoms with E-state index >= 15 is 0 Å². The Morgan fingerprint density at radius 1 is 0.326 bits per heavy atom. The molecule has 0 unspecified atom stereocenters. The van der Waals surface area contributed by atoms with Gasteiger partial charge in [0.15, 0.2) is 0 Å². The van der Waals surface area contributed by atoms with Crippen LogP contribution in [-0.2, 0) is 0 Å². The number of hydrogen-bond donors (Lipinski definition) is 0. The number of hydrogen-bond acceptors (Lipinski definition) is 1. The molecule has 8 rings (SSSR count). The lowest BCUT2D eigenvalue weighted by Gasteiger charge is -2.26. The summed E-state index contributed by atoms with van der Waals surface area (Å²) in [6, 6.07) is 64.1. The Hall–Kier alpha value is -5.44. The zero-order chi connectivity index (χ0) is 31.1. The number of nitrogens with zero attached hydrogens (tertiary/aromatic N) is 1. The van der Waals surface area contributed by atoms with Gasteiger partial charge in [0.25, 0.3) is 0 Å². The molecule has 0 bridgehead atoms. The maximum atomic E-state index is 2.47. The maximum Gasteiger partial charge on any atom is 0.113 e. The van der Waals surface area contributed by atoms with Crippen molar-refractivity contribution in [3.8, 4) is 44.5 Å². The van der Waals surface area contributed by atoms with E-state index in [4.69, 9.17) is 0 Å². The van der Waals surface area contributed by atoms with Crippen LogP contribution >= 0.6 is 0 Å². The standard InChI is InChI=1S/C44H35NSi/c1-46(2)43-22-10-9-21-41(43)42-31-37(27-28-44(42)46)36-16-12-20-40(30-36)45(38-17-7-4-8-18-38)39-19-11-15-35(29-39)34-25-23-33(24-26-34)32-13-5-3-6-14-32/h3-31H,1-2H3. The van der Waals surface area contributed by atoms with E-state index in [0.717, 1.165) is 17.1 Å². The fourth-order valence-corrected chi connectivity index (χ4v) is 10.1. The molecule has 7 aromatic carbocycles. The van der Waals surface area contributed by atoms with Gasteiger partial charge in [0.05, 0.1) is 0 Å². The summed E-state index contributed by atoms with van der Waals surface area (Å²) in [5, 5.41) is 3.08. The summed E-state index contributed by atoms with van der Waals surface area (Å²) in [6.45, 7) is 4.95. The molecule has 1 heterocycles. The van der Waals surface area contributed by atoms with E-state index in [-0.39, 0.29) is 0 Å². The van der Waals surface area contributed by atoms with Gasteiger partial charge < -0.3 is 4.90 Å². The molecule has 46 heavy (non-hydrogen) atoms. The molecule has 0 fully saturated rings. The summed E-state index contributed by atoms with van der Waals surface area (Å²) < 4.78 is 0. The minimum Gasteiger partial charge on any atom is -0.310 e. The first-order valence-electron chi connectivity index (χ1n) is 16.0. The van der Waals surface area contributed by atoms with Crippen molar-refractivity contribution in [2.75, 3.05) is 4.90 Å². The topological polar surface area (TPSA) is 3.24 Å². The third-order valence-corrected chi connectivity index (χ3v) is 13.0. The highest BCUT2D eigenvalue weighted by atomic mass is 28.3. The van der Waals surface area contributed by atoms with Crippen molar-refractivity contribution in [3.05, 3.63) is 176 Å². The Kier molecular flexibility index (Phi) is 7.01. The predicted molar refractivity (Wildman–Crippen MR) is 200 cm³/mol. The third-order valence-electron chi connectivity index (χ3n) is 9.47. The number of para-hydroxylation sites is 1. The summed E-state index contributed by atoms with van der Waals surface area (Å²) in [5.41, 5.74) is 13.5. The highest BCUT2D eigenvalue weighted by Gasteiger charge is 2.37. The van der Waals surface area contributed by atoms with Gasteiger partial charge in [-0.2, -0.15) is 0 Å². The van der Waals surface area contributed by atoms with Gasteiger partial charge in [-0.25, -0.2) is 0 Å². The molecule has 7 aromatic rings.